The highest BCUT2D eigenvalue weighted by molar-refractivity contribution is 5.96. The first kappa shape index (κ1) is 22.4. The van der Waals surface area contributed by atoms with E-state index in [1.807, 2.05) is 13.8 Å². The van der Waals surface area contributed by atoms with Crippen molar-refractivity contribution >= 4 is 11.9 Å². The molecule has 0 amide bonds. The fraction of sp³-hybridized carbons (Fsp3) is 0.667. The Kier molecular flexibility index (Phi) is 4.45. The third-order valence-corrected chi connectivity index (χ3v) is 11.0. The van der Waals surface area contributed by atoms with Crippen LogP contribution in [-0.2, 0) is 19.1 Å². The molecule has 4 aliphatic carbocycles. The lowest BCUT2D eigenvalue weighted by Crippen LogP contribution is -2.66. The second-order valence-corrected chi connectivity index (χ2v) is 12.8. The minimum atomic E-state index is -0.910. The first-order chi connectivity index (χ1) is 16.0. The Balaban J connectivity index is 1.57. The van der Waals surface area contributed by atoms with E-state index in [0.29, 0.717) is 24.7 Å². The average molecular weight is 463 g/mol. The van der Waals surface area contributed by atoms with Gasteiger partial charge in [0, 0.05) is 24.0 Å². The van der Waals surface area contributed by atoms with Gasteiger partial charge in [0.25, 0.3) is 0 Å². The van der Waals surface area contributed by atoms with Crippen LogP contribution in [0, 0.1) is 22.7 Å². The molecule has 6 aliphatic rings. The van der Waals surface area contributed by atoms with Crippen LogP contribution in [0.25, 0.3) is 0 Å². The molecule has 4 fully saturated rings. The van der Waals surface area contributed by atoms with E-state index >= 15 is 0 Å². The molecule has 4 saturated carbocycles. The van der Waals surface area contributed by atoms with E-state index in [4.69, 9.17) is 9.47 Å². The normalized spacial score (nSPS) is 46.0. The molecule has 0 spiro atoms. The Hall–Kier alpha value is -2.10. The van der Waals surface area contributed by atoms with Crippen LogP contribution in [0.2, 0.25) is 0 Å². The second kappa shape index (κ2) is 6.77. The van der Waals surface area contributed by atoms with Gasteiger partial charge in [-0.05, 0) is 99.0 Å². The molecule has 0 bridgehead atoms. The number of carbonyl (C=O) groups is 2. The molecule has 2 heterocycles. The van der Waals surface area contributed by atoms with E-state index in [1.165, 1.54) is 11.1 Å². The molecule has 6 rings (SSSR count). The van der Waals surface area contributed by atoms with Gasteiger partial charge in [-0.25, -0.2) is 9.59 Å². The van der Waals surface area contributed by atoms with Crippen molar-refractivity contribution in [2.24, 2.45) is 22.7 Å². The van der Waals surface area contributed by atoms with Gasteiger partial charge in [-0.2, -0.15) is 0 Å². The van der Waals surface area contributed by atoms with Gasteiger partial charge in [-0.1, -0.05) is 38.2 Å². The van der Waals surface area contributed by atoms with E-state index in [0.717, 1.165) is 73.7 Å². The molecule has 0 aromatic carbocycles. The summed E-state index contributed by atoms with van der Waals surface area (Å²) in [5.41, 5.74) is 4.30. The van der Waals surface area contributed by atoms with Crippen LogP contribution in [-0.4, -0.2) is 23.1 Å². The molecule has 6 atom stereocenters. The van der Waals surface area contributed by atoms with Crippen LogP contribution >= 0.6 is 0 Å². The van der Waals surface area contributed by atoms with Gasteiger partial charge in [0.05, 0.1) is 0 Å². The molecule has 0 unspecified atom stereocenters. The average Bonchev–Trinajstić information content (AvgIpc) is 3.16. The summed E-state index contributed by atoms with van der Waals surface area (Å²) in [7, 11) is 0. The Morgan fingerprint density at radius 3 is 1.50 bits per heavy atom. The van der Waals surface area contributed by atoms with Crippen molar-refractivity contribution in [1.29, 1.82) is 0 Å². The Labute approximate surface area is 203 Å². The highest BCUT2D eigenvalue weighted by atomic mass is 16.6. The van der Waals surface area contributed by atoms with Crippen LogP contribution in [0.1, 0.15) is 91.9 Å². The number of esters is 2. The fourth-order valence-electron chi connectivity index (χ4n) is 9.18. The van der Waals surface area contributed by atoms with Crippen LogP contribution < -0.4 is 0 Å². The second-order valence-electron chi connectivity index (χ2n) is 12.8. The van der Waals surface area contributed by atoms with Gasteiger partial charge in [0.2, 0.25) is 0 Å². The molecule has 0 radical (unpaired) electrons. The number of fused-ring (bicyclic) bond motifs is 5. The SMILES string of the molecule is C=C1CCC[C@@]2(C)C[C@@]3([C@]45C[C@@]6(C)CCCC(=C)[C@@H]6CC4=C(C)C(=O)O5)OC(=O)C(C)=C3C[C@H]12. The van der Waals surface area contributed by atoms with Crippen molar-refractivity contribution in [2.75, 3.05) is 0 Å². The standard InChI is InChI=1S/C30H38O4/c1-17-9-7-11-27(5)15-29(23(13-21(17)27)19(3)25(31)33-29)30-16-28(6)12-8-10-18(2)22(28)14-24(30)20(4)26(32)34-30/h21-22H,1-2,7-16H2,3-6H3/t21-,22+,27+,28-,29-,30+. The van der Waals surface area contributed by atoms with E-state index in [2.05, 4.69) is 27.0 Å². The number of carbonyl (C=O) groups excluding carboxylic acids is 2. The van der Waals surface area contributed by atoms with Gasteiger partial charge in [-0.3, -0.25) is 0 Å². The summed E-state index contributed by atoms with van der Waals surface area (Å²) in [6.07, 6.45) is 9.48. The highest BCUT2D eigenvalue weighted by Crippen LogP contribution is 2.70. The van der Waals surface area contributed by atoms with Crippen molar-refractivity contribution < 1.29 is 19.1 Å². The van der Waals surface area contributed by atoms with Crippen LogP contribution in [0.3, 0.4) is 0 Å². The van der Waals surface area contributed by atoms with Crippen LogP contribution in [0.15, 0.2) is 46.6 Å². The van der Waals surface area contributed by atoms with Gasteiger partial charge in [-0.15, -0.1) is 0 Å². The molecule has 34 heavy (non-hydrogen) atoms. The van der Waals surface area contributed by atoms with Gasteiger partial charge in [0.1, 0.15) is 0 Å². The molecule has 182 valence electrons. The topological polar surface area (TPSA) is 52.6 Å². The van der Waals surface area contributed by atoms with Crippen molar-refractivity contribution in [1.82, 2.24) is 0 Å². The van der Waals surface area contributed by atoms with Crippen molar-refractivity contribution in [3.8, 4) is 0 Å². The maximum absolute atomic E-state index is 13.3. The van der Waals surface area contributed by atoms with Crippen LogP contribution in [0.5, 0.6) is 0 Å². The summed E-state index contributed by atoms with van der Waals surface area (Å²) in [5.74, 6) is 0.213. The first-order valence-corrected chi connectivity index (χ1v) is 13.2. The lowest BCUT2D eigenvalue weighted by Gasteiger charge is -2.61. The lowest BCUT2D eigenvalue weighted by atomic mass is 9.46. The number of hydrogen-bond acceptors (Lipinski definition) is 4. The monoisotopic (exact) mass is 462 g/mol. The summed E-state index contributed by atoms with van der Waals surface area (Å²) < 4.78 is 13.1. The highest BCUT2D eigenvalue weighted by Gasteiger charge is 2.74. The Bertz CT molecular complexity index is 1030. The zero-order chi connectivity index (χ0) is 24.3. The molecule has 4 heteroatoms. The van der Waals surface area contributed by atoms with E-state index in [1.54, 1.807) is 0 Å². The fourth-order valence-corrected chi connectivity index (χ4v) is 9.18. The quantitative estimate of drug-likeness (QED) is 0.329. The van der Waals surface area contributed by atoms with E-state index in [9.17, 15) is 9.59 Å². The first-order valence-electron chi connectivity index (χ1n) is 13.2. The Morgan fingerprint density at radius 2 is 1.12 bits per heavy atom. The summed E-state index contributed by atoms with van der Waals surface area (Å²) in [5, 5.41) is 0. The van der Waals surface area contributed by atoms with Gasteiger partial charge in [0.15, 0.2) is 11.2 Å². The summed E-state index contributed by atoms with van der Waals surface area (Å²) >= 11 is 0. The smallest absolute Gasteiger partial charge is 0.334 e. The minimum absolute atomic E-state index is 0.0274. The Morgan fingerprint density at radius 1 is 0.735 bits per heavy atom. The zero-order valence-corrected chi connectivity index (χ0v) is 21.3. The number of ether oxygens (including phenoxy) is 2. The molecule has 2 aliphatic heterocycles. The number of hydrogen-bond donors (Lipinski definition) is 0. The summed E-state index contributed by atoms with van der Waals surface area (Å²) in [4.78, 5) is 26.5. The lowest BCUT2D eigenvalue weighted by molar-refractivity contribution is -0.209. The van der Waals surface area contributed by atoms with Gasteiger partial charge >= 0.3 is 11.9 Å². The van der Waals surface area contributed by atoms with Crippen molar-refractivity contribution in [3.05, 3.63) is 46.6 Å². The maximum atomic E-state index is 13.3. The zero-order valence-electron chi connectivity index (χ0n) is 21.3. The molecular formula is C30H38O4. The van der Waals surface area contributed by atoms with Crippen molar-refractivity contribution in [3.63, 3.8) is 0 Å². The third-order valence-electron chi connectivity index (χ3n) is 11.0. The molecule has 0 aromatic heterocycles. The number of rotatable bonds is 1. The summed E-state index contributed by atoms with van der Waals surface area (Å²) in [6.45, 7) is 17.4. The molecule has 0 saturated heterocycles. The van der Waals surface area contributed by atoms with E-state index in [-0.39, 0.29) is 22.8 Å². The predicted molar refractivity (Wildman–Crippen MR) is 131 cm³/mol. The minimum Gasteiger partial charge on any atom is -0.446 e. The van der Waals surface area contributed by atoms with Crippen LogP contribution in [0.4, 0.5) is 0 Å². The third kappa shape index (κ3) is 2.55. The van der Waals surface area contributed by atoms with Crippen molar-refractivity contribution in [2.45, 2.75) is 103 Å². The molecule has 0 aromatic rings. The molecule has 4 nitrogen and oxygen atoms in total. The largest absolute Gasteiger partial charge is 0.446 e. The predicted octanol–water partition coefficient (Wildman–Crippen LogP) is 6.52. The molecule has 0 N–H and O–H groups in total. The maximum Gasteiger partial charge on any atom is 0.334 e. The van der Waals surface area contributed by atoms with Gasteiger partial charge < -0.3 is 9.47 Å². The molecular weight excluding hydrogens is 424 g/mol. The summed E-state index contributed by atoms with van der Waals surface area (Å²) in [6, 6.07) is 0. The van der Waals surface area contributed by atoms with E-state index < -0.39 is 11.2 Å². The number of allylic oxidation sites excluding steroid dienone is 2.